The number of aliphatic hydroxyl groups is 3. The van der Waals surface area contributed by atoms with Crippen LogP contribution in [0.15, 0.2) is 18.7 Å². The third kappa shape index (κ3) is 1.56. The van der Waals surface area contributed by atoms with Crippen LogP contribution in [-0.4, -0.2) is 61.7 Å². The number of fused-ring (bicyclic) bond motifs is 1. The fourth-order valence-electron chi connectivity index (χ4n) is 2.43. The van der Waals surface area contributed by atoms with Crippen LogP contribution in [0, 0.1) is 0 Å². The maximum atomic E-state index is 9.80. The molecule has 0 aromatic carbocycles. The first kappa shape index (κ1) is 11.4. The molecule has 0 amide bonds. The first-order chi connectivity index (χ1) is 8.72. The molecule has 1 fully saturated rings. The highest BCUT2D eigenvalue weighted by Crippen LogP contribution is 2.34. The molecule has 3 unspecified atom stereocenters. The largest absolute Gasteiger partial charge is 0.394 e. The summed E-state index contributed by atoms with van der Waals surface area (Å²) in [6.07, 6.45) is 3.00. The van der Waals surface area contributed by atoms with Crippen molar-refractivity contribution in [2.24, 2.45) is 0 Å². The van der Waals surface area contributed by atoms with Crippen LogP contribution in [0.25, 0.3) is 11.4 Å². The minimum Gasteiger partial charge on any atom is -0.394 e. The van der Waals surface area contributed by atoms with E-state index < -0.39 is 18.2 Å². The molecular weight excluding hydrogens is 236 g/mol. The van der Waals surface area contributed by atoms with Crippen LogP contribution in [-0.2, 0) is 0 Å². The minimum absolute atomic E-state index is 0.226. The van der Waals surface area contributed by atoms with Crippen LogP contribution in [0.3, 0.4) is 0 Å². The average molecular weight is 250 g/mol. The zero-order valence-electron chi connectivity index (χ0n) is 9.56. The number of H-pyrrole nitrogens is 1. The number of rotatable bonds is 2. The third-order valence-corrected chi connectivity index (χ3v) is 3.39. The first-order valence-electron chi connectivity index (χ1n) is 5.73. The number of anilines is 1. The van der Waals surface area contributed by atoms with Crippen molar-refractivity contribution in [2.45, 2.75) is 18.2 Å². The molecule has 3 atom stereocenters. The quantitative estimate of drug-likeness (QED) is 0.534. The van der Waals surface area contributed by atoms with Gasteiger partial charge in [-0.15, -0.1) is 0 Å². The van der Waals surface area contributed by atoms with Gasteiger partial charge in [0.1, 0.15) is 11.8 Å². The van der Waals surface area contributed by atoms with Crippen molar-refractivity contribution in [3.05, 3.63) is 18.7 Å². The Labute approximate surface area is 103 Å². The summed E-state index contributed by atoms with van der Waals surface area (Å²) in [7, 11) is 0. The molecular formula is C11H14N4O3. The van der Waals surface area contributed by atoms with E-state index in [2.05, 4.69) is 15.0 Å². The van der Waals surface area contributed by atoms with E-state index in [0.29, 0.717) is 5.69 Å². The molecule has 0 saturated carbocycles. The molecule has 0 aliphatic carbocycles. The molecule has 18 heavy (non-hydrogen) atoms. The molecule has 0 aromatic heterocycles. The lowest BCUT2D eigenvalue weighted by Crippen LogP contribution is -2.39. The zero-order chi connectivity index (χ0) is 12.7. The topological polar surface area (TPSA) is 106 Å². The number of hydrogen-bond donors (Lipinski definition) is 4. The molecule has 7 nitrogen and oxygen atoms in total. The van der Waals surface area contributed by atoms with Crippen molar-refractivity contribution in [3.8, 4) is 11.4 Å². The Balaban J connectivity index is 2.00. The number of aromatic nitrogens is 3. The van der Waals surface area contributed by atoms with E-state index in [4.69, 9.17) is 0 Å². The van der Waals surface area contributed by atoms with Crippen molar-refractivity contribution in [3.63, 3.8) is 0 Å². The number of hydrogen-bond acceptors (Lipinski definition) is 6. The summed E-state index contributed by atoms with van der Waals surface area (Å²) >= 11 is 0. The van der Waals surface area contributed by atoms with Gasteiger partial charge in [0, 0.05) is 6.54 Å². The van der Waals surface area contributed by atoms with Crippen LogP contribution in [0.5, 0.6) is 0 Å². The maximum absolute atomic E-state index is 9.80. The van der Waals surface area contributed by atoms with Gasteiger partial charge in [-0.25, -0.2) is 4.98 Å². The van der Waals surface area contributed by atoms with Gasteiger partial charge in [0.05, 0.1) is 48.9 Å². The number of aliphatic hydroxyl groups excluding tert-OH is 3. The van der Waals surface area contributed by atoms with Crippen LogP contribution in [0.1, 0.15) is 0 Å². The van der Waals surface area contributed by atoms with E-state index in [1.807, 2.05) is 0 Å². The second-order valence-electron chi connectivity index (χ2n) is 4.42. The Morgan fingerprint density at radius 2 is 2.22 bits per heavy atom. The van der Waals surface area contributed by atoms with E-state index in [9.17, 15) is 15.3 Å². The summed E-state index contributed by atoms with van der Waals surface area (Å²) in [4.78, 5) is 12.9. The number of nitrogens with one attached hydrogen (secondary N) is 1. The fourth-order valence-corrected chi connectivity index (χ4v) is 2.43. The summed E-state index contributed by atoms with van der Waals surface area (Å²) < 4.78 is 0. The van der Waals surface area contributed by atoms with Crippen molar-refractivity contribution >= 4 is 5.69 Å². The van der Waals surface area contributed by atoms with E-state index in [1.165, 1.54) is 0 Å². The van der Waals surface area contributed by atoms with E-state index in [1.54, 1.807) is 23.6 Å². The zero-order valence-corrected chi connectivity index (χ0v) is 9.56. The molecule has 3 aliphatic rings. The lowest BCUT2D eigenvalue weighted by Gasteiger charge is -2.25. The smallest absolute Gasteiger partial charge is 0.107 e. The van der Waals surface area contributed by atoms with E-state index in [0.717, 1.165) is 11.4 Å². The average Bonchev–Trinajstić information content (AvgIpc) is 2.92. The summed E-state index contributed by atoms with van der Waals surface area (Å²) in [6.45, 7) is 0.0410. The molecule has 7 heteroatoms. The Morgan fingerprint density at radius 1 is 1.39 bits per heavy atom. The number of β-amino-alcohol motifs (C(OH)–C–C–N with tert-alkyl or cyclic N) is 1. The SMILES string of the molecule is OCC1C(O)C(O)CN1c1cnc2cnc[nH]c1-2. The summed E-state index contributed by atoms with van der Waals surface area (Å²) in [5, 5.41) is 28.8. The molecule has 0 radical (unpaired) electrons. The van der Waals surface area contributed by atoms with Gasteiger partial charge in [-0.1, -0.05) is 0 Å². The van der Waals surface area contributed by atoms with Gasteiger partial charge in [0.2, 0.25) is 0 Å². The minimum atomic E-state index is -0.957. The summed E-state index contributed by atoms with van der Waals surface area (Å²) in [6, 6.07) is -0.519. The van der Waals surface area contributed by atoms with Gasteiger partial charge in [-0.05, 0) is 0 Å². The normalized spacial score (nSPS) is 28.2. The molecule has 96 valence electrons. The van der Waals surface area contributed by atoms with Crippen molar-refractivity contribution in [2.75, 3.05) is 18.1 Å². The van der Waals surface area contributed by atoms with Gasteiger partial charge < -0.3 is 25.2 Å². The molecule has 3 aliphatic heterocycles. The van der Waals surface area contributed by atoms with Gasteiger partial charge >= 0.3 is 0 Å². The standard InChI is InChI=1S/C11H14N4O3/c16-4-8-11(18)9(17)3-15(8)7-2-13-6-1-12-5-14-10(6)7/h1-2,5,8-9,11,16-18H,3-4H2,(H,12,14). The second kappa shape index (κ2) is 4.20. The van der Waals surface area contributed by atoms with Gasteiger partial charge in [-0.3, -0.25) is 4.98 Å². The monoisotopic (exact) mass is 250 g/mol. The molecule has 4 N–H and O–H groups in total. The van der Waals surface area contributed by atoms with Crippen LogP contribution >= 0.6 is 0 Å². The lowest BCUT2D eigenvalue weighted by atomic mass is 10.1. The van der Waals surface area contributed by atoms with Crippen molar-refractivity contribution < 1.29 is 15.3 Å². The van der Waals surface area contributed by atoms with Crippen molar-refractivity contribution in [1.82, 2.24) is 15.0 Å². The fraction of sp³-hybridized carbons (Fsp3) is 0.455. The highest BCUT2D eigenvalue weighted by molar-refractivity contribution is 5.75. The van der Waals surface area contributed by atoms with E-state index in [-0.39, 0.29) is 13.2 Å². The maximum Gasteiger partial charge on any atom is 0.107 e. The molecule has 0 spiro atoms. The summed E-state index contributed by atoms with van der Waals surface area (Å²) in [5.74, 6) is 0. The lowest BCUT2D eigenvalue weighted by molar-refractivity contribution is 0.0304. The third-order valence-electron chi connectivity index (χ3n) is 3.39. The van der Waals surface area contributed by atoms with Crippen LogP contribution in [0.4, 0.5) is 5.69 Å². The Bertz CT molecular complexity index is 517. The van der Waals surface area contributed by atoms with Gasteiger partial charge in [0.25, 0.3) is 0 Å². The molecule has 3 heterocycles. The molecule has 0 aromatic rings. The number of nitrogens with zero attached hydrogens (tertiary/aromatic N) is 3. The second-order valence-corrected chi connectivity index (χ2v) is 4.42. The molecule has 3 rings (SSSR count). The van der Waals surface area contributed by atoms with E-state index >= 15 is 0 Å². The number of aromatic amines is 1. The Kier molecular flexibility index (Phi) is 2.66. The van der Waals surface area contributed by atoms with Crippen LogP contribution < -0.4 is 4.90 Å². The molecule has 0 bridgehead atoms. The predicted octanol–water partition coefficient (Wildman–Crippen LogP) is -1.19. The van der Waals surface area contributed by atoms with Gasteiger partial charge in [-0.2, -0.15) is 0 Å². The molecule has 1 saturated heterocycles. The van der Waals surface area contributed by atoms with Crippen LogP contribution in [0.2, 0.25) is 0 Å². The van der Waals surface area contributed by atoms with Gasteiger partial charge in [0.15, 0.2) is 0 Å². The Morgan fingerprint density at radius 3 is 3.00 bits per heavy atom. The predicted molar refractivity (Wildman–Crippen MR) is 63.2 cm³/mol. The Hall–Kier alpha value is -1.70. The van der Waals surface area contributed by atoms with Crippen molar-refractivity contribution in [1.29, 1.82) is 0 Å². The first-order valence-corrected chi connectivity index (χ1v) is 5.73. The highest BCUT2D eigenvalue weighted by Gasteiger charge is 2.41. The summed E-state index contributed by atoms with van der Waals surface area (Å²) in [5.41, 5.74) is 2.24. The highest BCUT2D eigenvalue weighted by atomic mass is 16.3.